The Morgan fingerprint density at radius 2 is 1.65 bits per heavy atom. The lowest BCUT2D eigenvalue weighted by atomic mass is 9.89. The smallest absolute Gasteiger partial charge is 0.0223 e. The number of piperidine rings is 2. The first-order valence-electron chi connectivity index (χ1n) is 7.54. The van der Waals surface area contributed by atoms with Crippen LogP contribution in [-0.2, 0) is 0 Å². The van der Waals surface area contributed by atoms with Crippen LogP contribution in [0.4, 0.5) is 0 Å². The van der Waals surface area contributed by atoms with Gasteiger partial charge in [0, 0.05) is 31.7 Å². The predicted molar refractivity (Wildman–Crippen MR) is 74.2 cm³/mol. The van der Waals surface area contributed by atoms with Crippen molar-refractivity contribution in [3.63, 3.8) is 0 Å². The Morgan fingerprint density at radius 1 is 1.00 bits per heavy atom. The quantitative estimate of drug-likeness (QED) is 0.730. The molecule has 2 nitrogen and oxygen atoms in total. The molecule has 2 rings (SSSR count). The summed E-state index contributed by atoms with van der Waals surface area (Å²) in [5.41, 5.74) is 0. The van der Waals surface area contributed by atoms with E-state index in [4.69, 9.17) is 0 Å². The average Bonchev–Trinajstić information content (AvgIpc) is 2.28. The van der Waals surface area contributed by atoms with E-state index in [9.17, 15) is 0 Å². The van der Waals surface area contributed by atoms with Crippen LogP contribution < -0.4 is 0 Å². The molecule has 0 aromatic heterocycles. The first-order valence-corrected chi connectivity index (χ1v) is 7.54. The maximum atomic E-state index is 2.79. The zero-order valence-electron chi connectivity index (χ0n) is 12.2. The molecule has 0 bridgehead atoms. The van der Waals surface area contributed by atoms with Gasteiger partial charge in [0.05, 0.1) is 0 Å². The van der Waals surface area contributed by atoms with Gasteiger partial charge in [-0.3, -0.25) is 9.80 Å². The normalized spacial score (nSPS) is 37.6. The van der Waals surface area contributed by atoms with Gasteiger partial charge in [0.2, 0.25) is 0 Å². The standard InChI is InChI=1S/C15H30N2/c1-12(2)16-7-5-6-15(11-16)17-9-13(3)8-14(4)10-17/h12-15H,5-11H2,1-4H3. The monoisotopic (exact) mass is 238 g/mol. The van der Waals surface area contributed by atoms with Crippen molar-refractivity contribution in [3.8, 4) is 0 Å². The van der Waals surface area contributed by atoms with Gasteiger partial charge >= 0.3 is 0 Å². The summed E-state index contributed by atoms with van der Waals surface area (Å²) < 4.78 is 0. The molecule has 0 saturated carbocycles. The Bertz CT molecular complexity index is 229. The van der Waals surface area contributed by atoms with Gasteiger partial charge in [0.15, 0.2) is 0 Å². The first-order chi connectivity index (χ1) is 8.06. The van der Waals surface area contributed by atoms with Crippen LogP contribution in [0.25, 0.3) is 0 Å². The molecule has 2 aliphatic rings. The second kappa shape index (κ2) is 5.71. The Morgan fingerprint density at radius 3 is 2.24 bits per heavy atom. The van der Waals surface area contributed by atoms with E-state index in [0.29, 0.717) is 0 Å². The van der Waals surface area contributed by atoms with E-state index in [1.807, 2.05) is 0 Å². The summed E-state index contributed by atoms with van der Waals surface area (Å²) in [6.07, 6.45) is 4.24. The van der Waals surface area contributed by atoms with Crippen molar-refractivity contribution in [3.05, 3.63) is 0 Å². The highest BCUT2D eigenvalue weighted by atomic mass is 15.2. The molecular formula is C15H30N2. The van der Waals surface area contributed by atoms with Gasteiger partial charge in [-0.1, -0.05) is 13.8 Å². The molecule has 17 heavy (non-hydrogen) atoms. The summed E-state index contributed by atoms with van der Waals surface area (Å²) in [4.78, 5) is 5.45. The van der Waals surface area contributed by atoms with Gasteiger partial charge in [-0.2, -0.15) is 0 Å². The van der Waals surface area contributed by atoms with Crippen LogP contribution in [0.1, 0.15) is 47.0 Å². The minimum Gasteiger partial charge on any atom is -0.299 e. The SMILES string of the molecule is CC1CC(C)CN(C2CCCN(C(C)C)C2)C1. The molecule has 3 unspecified atom stereocenters. The van der Waals surface area contributed by atoms with Crippen LogP contribution in [0.15, 0.2) is 0 Å². The van der Waals surface area contributed by atoms with Crippen molar-refractivity contribution in [2.45, 2.75) is 59.0 Å². The topological polar surface area (TPSA) is 6.48 Å². The van der Waals surface area contributed by atoms with Crippen LogP contribution >= 0.6 is 0 Å². The number of hydrogen-bond acceptors (Lipinski definition) is 2. The molecule has 0 radical (unpaired) electrons. The Balaban J connectivity index is 1.92. The van der Waals surface area contributed by atoms with Crippen molar-refractivity contribution >= 4 is 0 Å². The minimum absolute atomic E-state index is 0.720. The number of hydrogen-bond donors (Lipinski definition) is 0. The highest BCUT2D eigenvalue weighted by Crippen LogP contribution is 2.26. The number of nitrogens with zero attached hydrogens (tertiary/aromatic N) is 2. The third kappa shape index (κ3) is 3.45. The summed E-state index contributed by atoms with van der Waals surface area (Å²) in [5, 5.41) is 0. The van der Waals surface area contributed by atoms with Crippen LogP contribution in [0, 0.1) is 11.8 Å². The van der Waals surface area contributed by atoms with Gasteiger partial charge in [-0.25, -0.2) is 0 Å². The van der Waals surface area contributed by atoms with E-state index in [0.717, 1.165) is 23.9 Å². The van der Waals surface area contributed by atoms with Crippen molar-refractivity contribution in [1.82, 2.24) is 9.80 Å². The number of likely N-dealkylation sites (tertiary alicyclic amines) is 2. The van der Waals surface area contributed by atoms with Gasteiger partial charge in [-0.15, -0.1) is 0 Å². The summed E-state index contributed by atoms with van der Waals surface area (Å²) in [7, 11) is 0. The molecule has 2 fully saturated rings. The largest absolute Gasteiger partial charge is 0.299 e. The fourth-order valence-electron chi connectivity index (χ4n) is 3.76. The molecule has 0 aromatic rings. The summed E-state index contributed by atoms with van der Waals surface area (Å²) in [6.45, 7) is 14.8. The highest BCUT2D eigenvalue weighted by Gasteiger charge is 2.30. The predicted octanol–water partition coefficient (Wildman–Crippen LogP) is 2.84. The van der Waals surface area contributed by atoms with Crippen LogP contribution in [0.2, 0.25) is 0 Å². The molecule has 2 saturated heterocycles. The molecule has 3 atom stereocenters. The van der Waals surface area contributed by atoms with Gasteiger partial charge in [0.25, 0.3) is 0 Å². The first kappa shape index (κ1) is 13.4. The lowest BCUT2D eigenvalue weighted by molar-refractivity contribution is 0.0380. The van der Waals surface area contributed by atoms with Gasteiger partial charge in [-0.05, 0) is 51.5 Å². The van der Waals surface area contributed by atoms with Crippen LogP contribution in [0.5, 0.6) is 0 Å². The van der Waals surface area contributed by atoms with E-state index < -0.39 is 0 Å². The second-order valence-electron chi connectivity index (χ2n) is 6.78. The summed E-state index contributed by atoms with van der Waals surface area (Å²) in [6, 6.07) is 1.55. The van der Waals surface area contributed by atoms with Crippen LogP contribution in [0.3, 0.4) is 0 Å². The highest BCUT2D eigenvalue weighted by molar-refractivity contribution is 4.86. The molecule has 2 aliphatic heterocycles. The van der Waals surface area contributed by atoms with Crippen molar-refractivity contribution in [2.75, 3.05) is 26.2 Å². The molecular weight excluding hydrogens is 208 g/mol. The summed E-state index contributed by atoms with van der Waals surface area (Å²) >= 11 is 0. The van der Waals surface area contributed by atoms with E-state index in [1.54, 1.807) is 0 Å². The molecule has 0 N–H and O–H groups in total. The Kier molecular flexibility index (Phi) is 4.48. The molecule has 0 aliphatic carbocycles. The molecule has 2 heterocycles. The molecule has 100 valence electrons. The Hall–Kier alpha value is -0.0800. The van der Waals surface area contributed by atoms with E-state index in [2.05, 4.69) is 37.5 Å². The van der Waals surface area contributed by atoms with Crippen LogP contribution in [-0.4, -0.2) is 48.1 Å². The maximum Gasteiger partial charge on any atom is 0.0223 e. The third-order valence-electron chi connectivity index (χ3n) is 4.57. The number of rotatable bonds is 2. The average molecular weight is 238 g/mol. The Labute approximate surface area is 107 Å². The zero-order valence-corrected chi connectivity index (χ0v) is 12.2. The van der Waals surface area contributed by atoms with Crippen molar-refractivity contribution < 1.29 is 0 Å². The maximum absolute atomic E-state index is 2.79. The third-order valence-corrected chi connectivity index (χ3v) is 4.57. The molecule has 0 spiro atoms. The van der Waals surface area contributed by atoms with Gasteiger partial charge < -0.3 is 0 Å². The fraction of sp³-hybridized carbons (Fsp3) is 1.00. The summed E-state index contributed by atoms with van der Waals surface area (Å²) in [5.74, 6) is 1.79. The molecule has 2 heteroatoms. The van der Waals surface area contributed by atoms with E-state index in [1.165, 1.54) is 45.4 Å². The molecule has 0 amide bonds. The van der Waals surface area contributed by atoms with Crippen molar-refractivity contribution in [2.24, 2.45) is 11.8 Å². The fourth-order valence-corrected chi connectivity index (χ4v) is 3.76. The minimum atomic E-state index is 0.720. The lowest BCUT2D eigenvalue weighted by Crippen LogP contribution is -2.53. The molecule has 0 aromatic carbocycles. The second-order valence-corrected chi connectivity index (χ2v) is 6.78. The van der Waals surface area contributed by atoms with Gasteiger partial charge in [0.1, 0.15) is 0 Å². The van der Waals surface area contributed by atoms with E-state index in [-0.39, 0.29) is 0 Å². The van der Waals surface area contributed by atoms with E-state index >= 15 is 0 Å². The lowest BCUT2D eigenvalue weighted by Gasteiger charge is -2.45. The zero-order chi connectivity index (χ0) is 12.4. The van der Waals surface area contributed by atoms with Crippen molar-refractivity contribution in [1.29, 1.82) is 0 Å².